The minimum atomic E-state index is -4.50. The first-order valence-corrected chi connectivity index (χ1v) is 7.69. The number of fused-ring (bicyclic) bond motifs is 2. The zero-order valence-corrected chi connectivity index (χ0v) is 12.8. The van der Waals surface area contributed by atoms with E-state index in [0.29, 0.717) is 25.2 Å². The maximum Gasteiger partial charge on any atom is 0.451 e. The monoisotopic (exact) mass is 332 g/mol. The lowest BCUT2D eigenvalue weighted by molar-refractivity contribution is -0.145. The molecule has 0 amide bonds. The van der Waals surface area contributed by atoms with Crippen molar-refractivity contribution in [3.05, 3.63) is 59.3 Å². The van der Waals surface area contributed by atoms with Crippen molar-refractivity contribution in [1.29, 1.82) is 0 Å². The highest BCUT2D eigenvalue weighted by Crippen LogP contribution is 2.28. The van der Waals surface area contributed by atoms with Gasteiger partial charge in [0.15, 0.2) is 0 Å². The minimum absolute atomic E-state index is 0.409. The molecule has 0 aliphatic carbocycles. The van der Waals surface area contributed by atoms with Gasteiger partial charge in [0.05, 0.1) is 5.69 Å². The van der Waals surface area contributed by atoms with E-state index in [1.54, 1.807) is 0 Å². The van der Waals surface area contributed by atoms with Crippen molar-refractivity contribution in [2.24, 2.45) is 0 Å². The summed E-state index contributed by atoms with van der Waals surface area (Å²) in [4.78, 5) is 12.4. The first kappa shape index (κ1) is 15.1. The molecule has 1 aliphatic rings. The molecule has 0 fully saturated rings. The third-order valence-electron chi connectivity index (χ3n) is 4.30. The number of aromatic amines is 1. The van der Waals surface area contributed by atoms with Crippen LogP contribution in [-0.2, 0) is 25.7 Å². The Balaban J connectivity index is 1.54. The average molecular weight is 332 g/mol. The van der Waals surface area contributed by atoms with E-state index in [1.165, 1.54) is 6.20 Å². The second-order valence-electron chi connectivity index (χ2n) is 6.02. The van der Waals surface area contributed by atoms with Crippen LogP contribution in [0.1, 0.15) is 22.6 Å². The largest absolute Gasteiger partial charge is 0.451 e. The number of nitrogens with zero attached hydrogens (tertiary/aromatic N) is 3. The molecule has 0 saturated carbocycles. The first-order chi connectivity index (χ1) is 11.5. The van der Waals surface area contributed by atoms with E-state index < -0.39 is 12.0 Å². The summed E-state index contributed by atoms with van der Waals surface area (Å²) in [6.45, 7) is 1.88. The summed E-state index contributed by atoms with van der Waals surface area (Å²) in [6, 6.07) is 8.16. The lowest BCUT2D eigenvalue weighted by Crippen LogP contribution is -2.31. The van der Waals surface area contributed by atoms with E-state index in [2.05, 4.69) is 25.9 Å². The molecule has 124 valence electrons. The van der Waals surface area contributed by atoms with Crippen LogP contribution in [0.25, 0.3) is 10.9 Å². The van der Waals surface area contributed by atoms with Gasteiger partial charge in [0.2, 0.25) is 5.82 Å². The van der Waals surface area contributed by atoms with Gasteiger partial charge in [-0.1, -0.05) is 6.07 Å². The molecule has 0 atom stereocenters. The van der Waals surface area contributed by atoms with E-state index in [-0.39, 0.29) is 0 Å². The molecule has 24 heavy (non-hydrogen) atoms. The van der Waals surface area contributed by atoms with Gasteiger partial charge in [0, 0.05) is 37.5 Å². The third kappa shape index (κ3) is 2.87. The van der Waals surface area contributed by atoms with Crippen molar-refractivity contribution in [3.63, 3.8) is 0 Å². The molecule has 1 aliphatic heterocycles. The van der Waals surface area contributed by atoms with E-state index >= 15 is 0 Å². The van der Waals surface area contributed by atoms with Crippen molar-refractivity contribution in [2.75, 3.05) is 6.54 Å². The van der Waals surface area contributed by atoms with Crippen LogP contribution in [-0.4, -0.2) is 26.4 Å². The fourth-order valence-corrected chi connectivity index (χ4v) is 3.09. The van der Waals surface area contributed by atoms with Crippen LogP contribution in [0.2, 0.25) is 0 Å². The van der Waals surface area contributed by atoms with Crippen molar-refractivity contribution < 1.29 is 13.2 Å². The SMILES string of the molecule is FC(F)(F)c1ncc2c(n1)CN(Cc1ccc3[nH]ccc3c1)CC2. The lowest BCUT2D eigenvalue weighted by atomic mass is 10.1. The third-order valence-corrected chi connectivity index (χ3v) is 4.30. The number of benzene rings is 1. The minimum Gasteiger partial charge on any atom is -0.361 e. The van der Waals surface area contributed by atoms with Gasteiger partial charge < -0.3 is 4.98 Å². The van der Waals surface area contributed by atoms with Gasteiger partial charge in [-0.15, -0.1) is 0 Å². The Labute approximate surface area is 136 Å². The van der Waals surface area contributed by atoms with Gasteiger partial charge in [-0.2, -0.15) is 13.2 Å². The van der Waals surface area contributed by atoms with Gasteiger partial charge in [-0.3, -0.25) is 4.90 Å². The second kappa shape index (κ2) is 5.59. The molecule has 0 unspecified atom stereocenters. The highest BCUT2D eigenvalue weighted by molar-refractivity contribution is 5.79. The predicted octanol–water partition coefficient (Wildman–Crippen LogP) is 3.54. The molecule has 3 heterocycles. The predicted molar refractivity (Wildman–Crippen MR) is 83.2 cm³/mol. The fourth-order valence-electron chi connectivity index (χ4n) is 3.09. The van der Waals surface area contributed by atoms with Crippen molar-refractivity contribution >= 4 is 10.9 Å². The maximum atomic E-state index is 12.8. The molecular formula is C17H15F3N4. The van der Waals surface area contributed by atoms with Crippen LogP contribution in [0.5, 0.6) is 0 Å². The molecule has 7 heteroatoms. The number of alkyl halides is 3. The molecule has 1 N–H and O–H groups in total. The summed E-state index contributed by atoms with van der Waals surface area (Å²) in [5.74, 6) is -1.06. The summed E-state index contributed by atoms with van der Waals surface area (Å²) in [5.41, 5.74) is 3.49. The summed E-state index contributed by atoms with van der Waals surface area (Å²) in [6.07, 6.45) is -0.633. The quantitative estimate of drug-likeness (QED) is 0.781. The number of H-pyrrole nitrogens is 1. The van der Waals surface area contributed by atoms with Crippen molar-refractivity contribution in [1.82, 2.24) is 19.9 Å². The number of aromatic nitrogens is 3. The number of hydrogen-bond donors (Lipinski definition) is 1. The van der Waals surface area contributed by atoms with E-state index in [1.807, 2.05) is 24.4 Å². The van der Waals surface area contributed by atoms with Gasteiger partial charge in [-0.05, 0) is 41.1 Å². The molecule has 0 saturated heterocycles. The van der Waals surface area contributed by atoms with E-state index in [0.717, 1.165) is 28.6 Å². The van der Waals surface area contributed by atoms with Crippen LogP contribution in [0.3, 0.4) is 0 Å². The Morgan fingerprint density at radius 1 is 1.21 bits per heavy atom. The Hall–Kier alpha value is -2.41. The number of hydrogen-bond acceptors (Lipinski definition) is 3. The Bertz CT molecular complexity index is 885. The fraction of sp³-hybridized carbons (Fsp3) is 0.294. The topological polar surface area (TPSA) is 44.8 Å². The molecular weight excluding hydrogens is 317 g/mol. The molecule has 0 radical (unpaired) electrons. The van der Waals surface area contributed by atoms with Crippen LogP contribution in [0.15, 0.2) is 36.7 Å². The number of halogens is 3. The summed E-state index contributed by atoms with van der Waals surface area (Å²) < 4.78 is 38.3. The van der Waals surface area contributed by atoms with Gasteiger partial charge >= 0.3 is 6.18 Å². The Morgan fingerprint density at radius 2 is 2.08 bits per heavy atom. The lowest BCUT2D eigenvalue weighted by Gasteiger charge is -2.28. The second-order valence-corrected chi connectivity index (χ2v) is 6.02. The van der Waals surface area contributed by atoms with Gasteiger partial charge in [-0.25, -0.2) is 9.97 Å². The Kier molecular flexibility index (Phi) is 3.53. The van der Waals surface area contributed by atoms with Crippen molar-refractivity contribution in [2.45, 2.75) is 25.7 Å². The summed E-state index contributed by atoms with van der Waals surface area (Å²) in [5, 5.41) is 1.13. The van der Waals surface area contributed by atoms with Gasteiger partial charge in [0.1, 0.15) is 0 Å². The molecule has 4 rings (SSSR count). The zero-order chi connectivity index (χ0) is 16.7. The molecule has 4 nitrogen and oxygen atoms in total. The highest BCUT2D eigenvalue weighted by Gasteiger charge is 2.35. The van der Waals surface area contributed by atoms with Crippen LogP contribution >= 0.6 is 0 Å². The Morgan fingerprint density at radius 3 is 2.92 bits per heavy atom. The molecule has 0 spiro atoms. The highest BCUT2D eigenvalue weighted by atomic mass is 19.4. The number of rotatable bonds is 2. The van der Waals surface area contributed by atoms with Crippen LogP contribution in [0.4, 0.5) is 13.2 Å². The molecule has 0 bridgehead atoms. The van der Waals surface area contributed by atoms with Gasteiger partial charge in [0.25, 0.3) is 0 Å². The van der Waals surface area contributed by atoms with E-state index in [4.69, 9.17) is 0 Å². The normalized spacial score (nSPS) is 15.6. The maximum absolute atomic E-state index is 12.8. The van der Waals surface area contributed by atoms with E-state index in [9.17, 15) is 13.2 Å². The first-order valence-electron chi connectivity index (χ1n) is 7.69. The molecule has 2 aromatic heterocycles. The molecule has 3 aromatic rings. The van der Waals surface area contributed by atoms with Crippen LogP contribution < -0.4 is 0 Å². The average Bonchev–Trinajstić information content (AvgIpc) is 3.01. The zero-order valence-electron chi connectivity index (χ0n) is 12.8. The summed E-state index contributed by atoms with van der Waals surface area (Å²) in [7, 11) is 0. The molecule has 1 aromatic carbocycles. The van der Waals surface area contributed by atoms with Crippen LogP contribution in [0, 0.1) is 0 Å². The number of nitrogens with one attached hydrogen (secondary N) is 1. The smallest absolute Gasteiger partial charge is 0.361 e. The van der Waals surface area contributed by atoms with Crippen molar-refractivity contribution in [3.8, 4) is 0 Å². The standard InChI is InChI=1S/C17H15F3N4/c18-17(19,20)16-22-8-13-4-6-24(10-15(13)23-16)9-11-1-2-14-12(7-11)3-5-21-14/h1-3,5,7-8,21H,4,6,9-10H2. The summed E-state index contributed by atoms with van der Waals surface area (Å²) >= 11 is 0.